The van der Waals surface area contributed by atoms with Gasteiger partial charge in [0, 0.05) is 36.8 Å². The van der Waals surface area contributed by atoms with E-state index >= 15 is 0 Å². The predicted molar refractivity (Wildman–Crippen MR) is 74.0 cm³/mol. The average molecular weight is 338 g/mol. The number of hydrogen-bond acceptors (Lipinski definition) is 3. The molecule has 1 saturated heterocycles. The van der Waals surface area contributed by atoms with E-state index in [4.69, 9.17) is 11.6 Å². The van der Waals surface area contributed by atoms with Gasteiger partial charge in [-0.1, -0.05) is 11.6 Å². The molecule has 0 unspecified atom stereocenters. The molecule has 1 aromatic carbocycles. The quantitative estimate of drug-likeness (QED) is 0.890. The van der Waals surface area contributed by atoms with Crippen LogP contribution in [0, 0.1) is 0 Å². The molecule has 0 amide bonds. The van der Waals surface area contributed by atoms with Gasteiger partial charge in [0.05, 0.1) is 10.5 Å². The average Bonchev–Trinajstić information content (AvgIpc) is 2.37. The van der Waals surface area contributed by atoms with Crippen molar-refractivity contribution in [2.75, 3.05) is 32.9 Å². The topological polar surface area (TPSA) is 35.5 Å². The summed E-state index contributed by atoms with van der Waals surface area (Å²) in [6.07, 6.45) is 0. The third-order valence-corrected chi connectivity index (χ3v) is 3.98. The van der Waals surface area contributed by atoms with Crippen molar-refractivity contribution >= 4 is 27.5 Å². The Morgan fingerprint density at radius 2 is 2.11 bits per heavy atom. The molecule has 100 valence electrons. The summed E-state index contributed by atoms with van der Waals surface area (Å²) in [6, 6.07) is 2.79. The summed E-state index contributed by atoms with van der Waals surface area (Å²) >= 11 is 9.20. The normalized spacial score (nSPS) is 18.8. The Bertz CT molecular complexity index is 427. The van der Waals surface area contributed by atoms with Crippen molar-refractivity contribution in [3.05, 3.63) is 27.2 Å². The Morgan fingerprint density at radius 1 is 1.44 bits per heavy atom. The number of phenolic OH excluding ortho intramolecular Hbond substituents is 1. The van der Waals surface area contributed by atoms with Gasteiger partial charge >= 0.3 is 0 Å². The monoisotopic (exact) mass is 336 g/mol. The molecule has 0 bridgehead atoms. The van der Waals surface area contributed by atoms with Crippen molar-refractivity contribution in [3.8, 4) is 5.75 Å². The molecular formula is C12H15BrClFN2O. The summed E-state index contributed by atoms with van der Waals surface area (Å²) in [5, 5.41) is 13.7. The Labute approximate surface area is 119 Å². The van der Waals surface area contributed by atoms with Gasteiger partial charge in [-0.25, -0.2) is 4.39 Å². The van der Waals surface area contributed by atoms with Crippen LogP contribution in [0.3, 0.4) is 0 Å². The van der Waals surface area contributed by atoms with E-state index < -0.39 is 12.7 Å². The first-order chi connectivity index (χ1) is 8.63. The number of benzene rings is 1. The fourth-order valence-corrected chi connectivity index (χ4v) is 3.05. The second-order valence-electron chi connectivity index (χ2n) is 4.28. The lowest BCUT2D eigenvalue weighted by Gasteiger charge is -2.34. The highest BCUT2D eigenvalue weighted by molar-refractivity contribution is 9.10. The van der Waals surface area contributed by atoms with E-state index in [0.717, 1.165) is 26.2 Å². The van der Waals surface area contributed by atoms with Crippen LogP contribution in [0.4, 0.5) is 4.39 Å². The molecule has 1 aliphatic heterocycles. The fourth-order valence-electron chi connectivity index (χ4n) is 2.21. The summed E-state index contributed by atoms with van der Waals surface area (Å²) in [7, 11) is 0. The van der Waals surface area contributed by atoms with Gasteiger partial charge in [0.2, 0.25) is 0 Å². The maximum Gasteiger partial charge on any atom is 0.134 e. The lowest BCUT2D eigenvalue weighted by Crippen LogP contribution is -2.45. The van der Waals surface area contributed by atoms with Crippen molar-refractivity contribution < 1.29 is 9.50 Å². The highest BCUT2D eigenvalue weighted by Crippen LogP contribution is 2.37. The zero-order chi connectivity index (χ0) is 13.1. The number of alkyl halides is 1. The zero-order valence-corrected chi connectivity index (χ0v) is 12.1. The number of hydrogen-bond donors (Lipinski definition) is 2. The maximum absolute atomic E-state index is 13.3. The summed E-state index contributed by atoms with van der Waals surface area (Å²) in [5.41, 5.74) is 0.541. The molecule has 1 aliphatic rings. The van der Waals surface area contributed by atoms with E-state index in [1.54, 1.807) is 12.1 Å². The molecule has 0 aromatic heterocycles. The van der Waals surface area contributed by atoms with E-state index in [9.17, 15) is 9.50 Å². The summed E-state index contributed by atoms with van der Waals surface area (Å²) in [5.74, 6) is 0.0700. The standard InChI is InChI=1S/C12H15BrClFN2O/c13-10-6-8(14)5-9(12(10)18)11(7-15)17-3-1-16-2-4-17/h5-6,11,16,18H,1-4,7H2/t11-/m0/s1. The van der Waals surface area contributed by atoms with E-state index in [0.29, 0.717) is 15.1 Å². The van der Waals surface area contributed by atoms with Crippen LogP contribution in [0.5, 0.6) is 5.75 Å². The smallest absolute Gasteiger partial charge is 0.134 e. The SMILES string of the molecule is Oc1c(Br)cc(Cl)cc1[C@H](CF)N1CCNCC1. The molecule has 1 heterocycles. The molecule has 0 aliphatic carbocycles. The minimum absolute atomic E-state index is 0.0700. The lowest BCUT2D eigenvalue weighted by atomic mass is 10.0. The van der Waals surface area contributed by atoms with Crippen molar-refractivity contribution in [2.45, 2.75) is 6.04 Å². The van der Waals surface area contributed by atoms with Gasteiger partial charge in [0.25, 0.3) is 0 Å². The van der Waals surface area contributed by atoms with Crippen molar-refractivity contribution in [2.24, 2.45) is 0 Å². The first-order valence-corrected chi connectivity index (χ1v) is 6.99. The minimum Gasteiger partial charge on any atom is -0.506 e. The number of aromatic hydroxyl groups is 1. The first-order valence-electron chi connectivity index (χ1n) is 5.82. The summed E-state index contributed by atoms with van der Waals surface area (Å²) < 4.78 is 13.8. The van der Waals surface area contributed by atoms with Crippen LogP contribution >= 0.6 is 27.5 Å². The molecule has 6 heteroatoms. The molecule has 3 nitrogen and oxygen atoms in total. The van der Waals surface area contributed by atoms with Crippen molar-refractivity contribution in [1.29, 1.82) is 0 Å². The Balaban J connectivity index is 2.31. The van der Waals surface area contributed by atoms with Crippen molar-refractivity contribution in [1.82, 2.24) is 10.2 Å². The van der Waals surface area contributed by atoms with Crippen LogP contribution < -0.4 is 5.32 Å². The Hall–Kier alpha value is -0.360. The summed E-state index contributed by atoms with van der Waals surface area (Å²) in [4.78, 5) is 2.02. The number of halogens is 3. The largest absolute Gasteiger partial charge is 0.506 e. The number of phenols is 1. The van der Waals surface area contributed by atoms with Gasteiger partial charge in [0.1, 0.15) is 12.4 Å². The molecule has 0 saturated carbocycles. The molecule has 18 heavy (non-hydrogen) atoms. The highest BCUT2D eigenvalue weighted by Gasteiger charge is 2.25. The molecule has 0 spiro atoms. The van der Waals surface area contributed by atoms with Gasteiger partial charge in [-0.3, -0.25) is 4.90 Å². The minimum atomic E-state index is -0.541. The van der Waals surface area contributed by atoms with Crippen LogP contribution in [-0.4, -0.2) is 42.9 Å². The second-order valence-corrected chi connectivity index (χ2v) is 5.57. The summed E-state index contributed by atoms with van der Waals surface area (Å²) in [6.45, 7) is 2.65. The molecule has 1 aromatic rings. The van der Waals surface area contributed by atoms with Crippen LogP contribution in [0.15, 0.2) is 16.6 Å². The van der Waals surface area contributed by atoms with E-state index in [-0.39, 0.29) is 5.75 Å². The third-order valence-electron chi connectivity index (χ3n) is 3.16. The fraction of sp³-hybridized carbons (Fsp3) is 0.500. The lowest BCUT2D eigenvalue weighted by molar-refractivity contribution is 0.145. The zero-order valence-electron chi connectivity index (χ0n) is 9.80. The first kappa shape index (κ1) is 14.1. The number of nitrogens with zero attached hydrogens (tertiary/aromatic N) is 1. The van der Waals surface area contributed by atoms with Crippen LogP contribution in [0.1, 0.15) is 11.6 Å². The van der Waals surface area contributed by atoms with E-state index in [1.807, 2.05) is 4.90 Å². The van der Waals surface area contributed by atoms with Gasteiger partial charge in [-0.05, 0) is 28.1 Å². The molecular weight excluding hydrogens is 323 g/mol. The van der Waals surface area contributed by atoms with Crippen LogP contribution in [0.25, 0.3) is 0 Å². The molecule has 2 rings (SSSR count). The number of nitrogens with one attached hydrogen (secondary N) is 1. The van der Waals surface area contributed by atoms with Gasteiger partial charge < -0.3 is 10.4 Å². The highest BCUT2D eigenvalue weighted by atomic mass is 79.9. The van der Waals surface area contributed by atoms with Gasteiger partial charge in [0.15, 0.2) is 0 Å². The van der Waals surface area contributed by atoms with E-state index in [2.05, 4.69) is 21.2 Å². The second kappa shape index (κ2) is 6.19. The van der Waals surface area contributed by atoms with Gasteiger partial charge in [-0.2, -0.15) is 0 Å². The van der Waals surface area contributed by atoms with E-state index in [1.165, 1.54) is 0 Å². The predicted octanol–water partition coefficient (Wildman–Crippen LogP) is 2.72. The molecule has 1 atom stereocenters. The van der Waals surface area contributed by atoms with Gasteiger partial charge in [-0.15, -0.1) is 0 Å². The number of rotatable bonds is 3. The Morgan fingerprint density at radius 3 is 2.72 bits per heavy atom. The van der Waals surface area contributed by atoms with Crippen LogP contribution in [-0.2, 0) is 0 Å². The number of piperazine rings is 1. The maximum atomic E-state index is 13.3. The third kappa shape index (κ3) is 2.96. The molecule has 1 fully saturated rings. The van der Waals surface area contributed by atoms with Crippen LogP contribution in [0.2, 0.25) is 5.02 Å². The molecule has 2 N–H and O–H groups in total. The Kier molecular flexibility index (Phi) is 4.84. The molecule has 0 radical (unpaired) electrons. The van der Waals surface area contributed by atoms with Crippen molar-refractivity contribution in [3.63, 3.8) is 0 Å².